The highest BCUT2D eigenvalue weighted by Gasteiger charge is 2.37. The van der Waals surface area contributed by atoms with E-state index in [0.29, 0.717) is 30.4 Å². The SMILES string of the molecule is CC(C)N(CCO[Si](C)(C)C(C)(C)C)C(=O)c1nc(Cc2ccc(Cl)cc2Br)[nH]c(=O)c1OCc1ccccc1. The van der Waals surface area contributed by atoms with E-state index in [0.717, 1.165) is 15.6 Å². The van der Waals surface area contributed by atoms with E-state index in [1.54, 1.807) is 17.0 Å². The number of aromatic amines is 1. The smallest absolute Gasteiger partial charge is 0.294 e. The molecule has 0 saturated heterocycles. The van der Waals surface area contributed by atoms with Gasteiger partial charge in [0.15, 0.2) is 14.0 Å². The monoisotopic (exact) mass is 647 g/mol. The number of amides is 1. The van der Waals surface area contributed by atoms with Gasteiger partial charge in [-0.05, 0) is 55.2 Å². The molecular weight excluding hydrogens is 610 g/mol. The predicted molar refractivity (Wildman–Crippen MR) is 167 cm³/mol. The maximum atomic E-state index is 14.0. The van der Waals surface area contributed by atoms with Crippen LogP contribution in [0.15, 0.2) is 57.8 Å². The van der Waals surface area contributed by atoms with E-state index in [1.165, 1.54) is 0 Å². The van der Waals surface area contributed by atoms with Crippen molar-refractivity contribution in [2.45, 2.75) is 71.8 Å². The number of carbonyl (C=O) groups is 1. The van der Waals surface area contributed by atoms with Crippen LogP contribution in [-0.4, -0.2) is 48.3 Å². The number of halogens is 2. The number of benzene rings is 2. The molecule has 0 aliphatic carbocycles. The summed E-state index contributed by atoms with van der Waals surface area (Å²) in [5.41, 5.74) is 1.22. The molecule has 0 unspecified atom stereocenters. The average Bonchev–Trinajstić information content (AvgIpc) is 2.86. The molecule has 3 rings (SSSR count). The van der Waals surface area contributed by atoms with Crippen LogP contribution in [0.1, 0.15) is 62.1 Å². The second-order valence-electron chi connectivity index (χ2n) is 11.6. The third-order valence-corrected chi connectivity index (χ3v) is 12.7. The van der Waals surface area contributed by atoms with E-state index in [4.69, 9.17) is 20.8 Å². The molecule has 10 heteroatoms. The van der Waals surface area contributed by atoms with Gasteiger partial charge in [0, 0.05) is 28.5 Å². The minimum Gasteiger partial charge on any atom is -0.481 e. The first-order valence-corrected chi connectivity index (χ1v) is 17.5. The molecule has 0 saturated carbocycles. The largest absolute Gasteiger partial charge is 0.481 e. The van der Waals surface area contributed by atoms with Crippen LogP contribution in [0.4, 0.5) is 0 Å². The highest BCUT2D eigenvalue weighted by molar-refractivity contribution is 9.10. The topological polar surface area (TPSA) is 84.5 Å². The van der Waals surface area contributed by atoms with Crippen LogP contribution in [-0.2, 0) is 17.5 Å². The highest BCUT2D eigenvalue weighted by atomic mass is 79.9. The molecule has 0 atom stereocenters. The number of hydrogen-bond acceptors (Lipinski definition) is 5. The summed E-state index contributed by atoms with van der Waals surface area (Å²) in [6, 6.07) is 14.7. The fraction of sp³-hybridized carbons (Fsp3) is 0.433. The van der Waals surface area contributed by atoms with Gasteiger partial charge in [0.05, 0.1) is 6.61 Å². The number of ether oxygens (including phenoxy) is 1. The quantitative estimate of drug-likeness (QED) is 0.222. The summed E-state index contributed by atoms with van der Waals surface area (Å²) < 4.78 is 13.1. The second-order valence-corrected chi connectivity index (χ2v) is 17.7. The third kappa shape index (κ3) is 8.28. The predicted octanol–water partition coefficient (Wildman–Crippen LogP) is 7.23. The number of hydrogen-bond donors (Lipinski definition) is 1. The average molecular weight is 649 g/mol. The van der Waals surface area contributed by atoms with Gasteiger partial charge in [-0.1, -0.05) is 84.7 Å². The molecule has 0 spiro atoms. The van der Waals surface area contributed by atoms with Crippen LogP contribution in [0.3, 0.4) is 0 Å². The van der Waals surface area contributed by atoms with E-state index in [-0.39, 0.29) is 35.0 Å². The van der Waals surface area contributed by atoms with Crippen molar-refractivity contribution in [3.05, 3.63) is 91.0 Å². The maximum absolute atomic E-state index is 14.0. The molecule has 1 heterocycles. The van der Waals surface area contributed by atoms with Crippen molar-refractivity contribution in [2.24, 2.45) is 0 Å². The molecule has 1 aromatic heterocycles. The Bertz CT molecular complexity index is 1370. The lowest BCUT2D eigenvalue weighted by atomic mass is 10.1. The lowest BCUT2D eigenvalue weighted by Crippen LogP contribution is -2.45. The van der Waals surface area contributed by atoms with E-state index in [9.17, 15) is 9.59 Å². The van der Waals surface area contributed by atoms with E-state index in [2.05, 4.69) is 59.8 Å². The second kappa shape index (κ2) is 13.5. The number of rotatable bonds is 11. The highest BCUT2D eigenvalue weighted by Crippen LogP contribution is 2.36. The first kappa shape index (κ1) is 32.1. The van der Waals surface area contributed by atoms with Gasteiger partial charge in [0.2, 0.25) is 5.75 Å². The van der Waals surface area contributed by atoms with Gasteiger partial charge in [-0.2, -0.15) is 0 Å². The molecule has 0 aliphatic rings. The molecule has 2 aromatic carbocycles. The Morgan fingerprint density at radius 1 is 1.15 bits per heavy atom. The van der Waals surface area contributed by atoms with Crippen molar-refractivity contribution in [1.29, 1.82) is 0 Å². The zero-order valence-electron chi connectivity index (χ0n) is 24.3. The molecule has 0 bridgehead atoms. The minimum atomic E-state index is -2.00. The molecule has 3 aromatic rings. The normalized spacial score (nSPS) is 12.1. The molecule has 1 amide bonds. The van der Waals surface area contributed by atoms with Gasteiger partial charge >= 0.3 is 0 Å². The lowest BCUT2D eigenvalue weighted by Gasteiger charge is -2.37. The number of carbonyl (C=O) groups excluding carboxylic acids is 1. The number of H-pyrrole nitrogens is 1. The molecule has 40 heavy (non-hydrogen) atoms. The van der Waals surface area contributed by atoms with E-state index >= 15 is 0 Å². The Morgan fingerprint density at radius 2 is 1.82 bits per heavy atom. The first-order valence-electron chi connectivity index (χ1n) is 13.4. The number of nitrogens with one attached hydrogen (secondary N) is 1. The zero-order chi connectivity index (χ0) is 29.7. The van der Waals surface area contributed by atoms with Crippen LogP contribution in [0, 0.1) is 0 Å². The maximum Gasteiger partial charge on any atom is 0.294 e. The van der Waals surface area contributed by atoms with Gasteiger partial charge in [-0.3, -0.25) is 9.59 Å². The summed E-state index contributed by atoms with van der Waals surface area (Å²) in [5.74, 6) is -0.118. The van der Waals surface area contributed by atoms with Crippen LogP contribution in [0.25, 0.3) is 0 Å². The van der Waals surface area contributed by atoms with Crippen LogP contribution in [0.5, 0.6) is 5.75 Å². The third-order valence-electron chi connectivity index (χ3n) is 7.21. The fourth-order valence-corrected chi connectivity index (χ4v) is 5.65. The van der Waals surface area contributed by atoms with Crippen molar-refractivity contribution >= 4 is 41.8 Å². The van der Waals surface area contributed by atoms with Crippen LogP contribution < -0.4 is 10.3 Å². The van der Waals surface area contributed by atoms with Crippen molar-refractivity contribution in [3.8, 4) is 5.75 Å². The van der Waals surface area contributed by atoms with Crippen molar-refractivity contribution in [2.75, 3.05) is 13.2 Å². The molecule has 7 nitrogen and oxygen atoms in total. The fourth-order valence-electron chi connectivity index (χ4n) is 3.79. The van der Waals surface area contributed by atoms with Gasteiger partial charge in [0.1, 0.15) is 12.4 Å². The summed E-state index contributed by atoms with van der Waals surface area (Å²) in [6.45, 7) is 15.7. The Labute approximate surface area is 251 Å². The van der Waals surface area contributed by atoms with Gasteiger partial charge in [-0.15, -0.1) is 0 Å². The summed E-state index contributed by atoms with van der Waals surface area (Å²) >= 11 is 9.62. The zero-order valence-corrected chi connectivity index (χ0v) is 27.6. The van der Waals surface area contributed by atoms with Gasteiger partial charge < -0.3 is 19.0 Å². The number of nitrogens with zero attached hydrogens (tertiary/aromatic N) is 2. The van der Waals surface area contributed by atoms with Crippen LogP contribution in [0.2, 0.25) is 23.2 Å². The lowest BCUT2D eigenvalue weighted by molar-refractivity contribution is 0.0657. The summed E-state index contributed by atoms with van der Waals surface area (Å²) in [5, 5.41) is 0.641. The summed E-state index contributed by atoms with van der Waals surface area (Å²) in [6.07, 6.45) is 0.294. The Morgan fingerprint density at radius 3 is 2.42 bits per heavy atom. The molecule has 0 radical (unpaired) electrons. The molecule has 0 aliphatic heterocycles. The number of aromatic nitrogens is 2. The molecular formula is C30H39BrClN3O4Si. The Balaban J connectivity index is 1.96. The van der Waals surface area contributed by atoms with E-state index in [1.807, 2.05) is 50.2 Å². The molecule has 1 N–H and O–H groups in total. The Kier molecular flexibility index (Phi) is 10.8. The standard InChI is InChI=1S/C30H39BrClN3O4Si/c1-20(2)35(15-16-39-40(6,7)30(3,4)5)29(37)26-27(38-19-21-11-9-8-10-12-21)28(36)34-25(33-26)17-22-13-14-23(32)18-24(22)31/h8-14,18,20H,15-17,19H2,1-7H3,(H,33,34,36). The van der Waals surface area contributed by atoms with Crippen molar-refractivity contribution in [1.82, 2.24) is 14.9 Å². The van der Waals surface area contributed by atoms with Crippen molar-refractivity contribution in [3.63, 3.8) is 0 Å². The first-order chi connectivity index (χ1) is 18.7. The van der Waals surface area contributed by atoms with E-state index < -0.39 is 13.9 Å². The summed E-state index contributed by atoms with van der Waals surface area (Å²) in [4.78, 5) is 36.5. The molecule has 0 fully saturated rings. The molecule has 216 valence electrons. The van der Waals surface area contributed by atoms with Gasteiger partial charge in [-0.25, -0.2) is 4.98 Å². The summed E-state index contributed by atoms with van der Waals surface area (Å²) in [7, 11) is -2.00. The van der Waals surface area contributed by atoms with Gasteiger partial charge in [0.25, 0.3) is 11.5 Å². The van der Waals surface area contributed by atoms with Crippen molar-refractivity contribution < 1.29 is 14.0 Å². The van der Waals surface area contributed by atoms with Crippen LogP contribution >= 0.6 is 27.5 Å². The Hall–Kier alpha value is -2.46. The minimum absolute atomic E-state index is 0.0132.